The first-order valence-corrected chi connectivity index (χ1v) is 4.63. The molecule has 0 spiro atoms. The zero-order chi connectivity index (χ0) is 12.3. The number of phenols is 1. The third-order valence-corrected chi connectivity index (χ3v) is 1.91. The minimum Gasteiger partial charge on any atom is -0.507 e. The van der Waals surface area contributed by atoms with E-state index in [4.69, 9.17) is 4.74 Å². The number of hydrogen-bond acceptors (Lipinski definition) is 4. The topological polar surface area (TPSA) is 63.6 Å². The van der Waals surface area contributed by atoms with E-state index in [2.05, 4.69) is 6.58 Å². The van der Waals surface area contributed by atoms with Gasteiger partial charge in [0.25, 0.3) is 0 Å². The molecular weight excluding hydrogens is 208 g/mol. The van der Waals surface area contributed by atoms with Crippen LogP contribution >= 0.6 is 0 Å². The van der Waals surface area contributed by atoms with E-state index < -0.39 is 5.97 Å². The summed E-state index contributed by atoms with van der Waals surface area (Å²) in [6.45, 7) is 6.28. The highest BCUT2D eigenvalue weighted by molar-refractivity contribution is 5.97. The number of esters is 1. The van der Waals surface area contributed by atoms with Gasteiger partial charge in [0, 0.05) is 5.57 Å². The van der Waals surface area contributed by atoms with Crippen molar-refractivity contribution in [2.45, 2.75) is 13.8 Å². The normalized spacial score (nSPS) is 9.62. The van der Waals surface area contributed by atoms with Crippen LogP contribution in [0.1, 0.15) is 24.2 Å². The molecule has 0 aliphatic carbocycles. The van der Waals surface area contributed by atoms with Crippen LogP contribution in [-0.4, -0.2) is 16.9 Å². The second kappa shape index (κ2) is 4.61. The fourth-order valence-corrected chi connectivity index (χ4v) is 1.05. The van der Waals surface area contributed by atoms with Gasteiger partial charge in [0.2, 0.25) is 0 Å². The minimum atomic E-state index is -0.569. The van der Waals surface area contributed by atoms with E-state index in [1.807, 2.05) is 0 Å². The molecule has 1 N–H and O–H groups in total. The van der Waals surface area contributed by atoms with E-state index >= 15 is 0 Å². The first-order chi connectivity index (χ1) is 7.41. The maximum absolute atomic E-state index is 11.2. The van der Waals surface area contributed by atoms with E-state index in [1.165, 1.54) is 32.0 Å². The molecule has 0 heterocycles. The SMILES string of the molecule is C=C(C)C(=O)Oc1ccc(O)c(C(C)=O)c1. The summed E-state index contributed by atoms with van der Waals surface area (Å²) in [4.78, 5) is 22.3. The molecule has 0 unspecified atom stereocenters. The molecule has 1 rings (SSSR count). The number of ether oxygens (including phenoxy) is 1. The fraction of sp³-hybridized carbons (Fsp3) is 0.167. The number of rotatable bonds is 3. The molecule has 0 aliphatic rings. The molecule has 0 saturated heterocycles. The number of carbonyl (C=O) groups excluding carboxylic acids is 2. The summed E-state index contributed by atoms with van der Waals surface area (Å²) in [5.41, 5.74) is 0.379. The van der Waals surface area contributed by atoms with Gasteiger partial charge in [0.15, 0.2) is 5.78 Å². The second-order valence-corrected chi connectivity index (χ2v) is 3.40. The monoisotopic (exact) mass is 220 g/mol. The Morgan fingerprint density at radius 3 is 2.44 bits per heavy atom. The van der Waals surface area contributed by atoms with E-state index in [-0.39, 0.29) is 28.4 Å². The predicted molar refractivity (Wildman–Crippen MR) is 58.6 cm³/mol. The van der Waals surface area contributed by atoms with Crippen molar-refractivity contribution in [3.05, 3.63) is 35.9 Å². The molecule has 1 aromatic carbocycles. The van der Waals surface area contributed by atoms with Crippen LogP contribution in [0.15, 0.2) is 30.4 Å². The highest BCUT2D eigenvalue weighted by Gasteiger charge is 2.10. The Kier molecular flexibility index (Phi) is 3.45. The van der Waals surface area contributed by atoms with Gasteiger partial charge >= 0.3 is 5.97 Å². The summed E-state index contributed by atoms with van der Waals surface area (Å²) < 4.78 is 4.92. The summed E-state index contributed by atoms with van der Waals surface area (Å²) in [7, 11) is 0. The fourth-order valence-electron chi connectivity index (χ4n) is 1.05. The van der Waals surface area contributed by atoms with Crippen LogP contribution in [0.4, 0.5) is 0 Å². The summed E-state index contributed by atoms with van der Waals surface area (Å²) in [6.07, 6.45) is 0. The Morgan fingerprint density at radius 2 is 1.94 bits per heavy atom. The Hall–Kier alpha value is -2.10. The molecular formula is C12H12O4. The summed E-state index contributed by atoms with van der Waals surface area (Å²) >= 11 is 0. The average Bonchev–Trinajstić information content (AvgIpc) is 2.20. The third kappa shape index (κ3) is 2.70. The van der Waals surface area contributed by atoms with Gasteiger partial charge in [-0.05, 0) is 32.0 Å². The lowest BCUT2D eigenvalue weighted by Crippen LogP contribution is -2.08. The molecule has 0 bridgehead atoms. The lowest BCUT2D eigenvalue weighted by molar-refractivity contribution is -0.130. The summed E-state index contributed by atoms with van der Waals surface area (Å²) in [5, 5.41) is 9.37. The Bertz CT molecular complexity index is 460. The lowest BCUT2D eigenvalue weighted by Gasteiger charge is -2.06. The van der Waals surface area contributed by atoms with Crippen molar-refractivity contribution < 1.29 is 19.4 Å². The van der Waals surface area contributed by atoms with Crippen molar-refractivity contribution in [2.24, 2.45) is 0 Å². The van der Waals surface area contributed by atoms with Crippen molar-refractivity contribution in [3.8, 4) is 11.5 Å². The van der Waals surface area contributed by atoms with Crippen LogP contribution in [0.3, 0.4) is 0 Å². The summed E-state index contributed by atoms with van der Waals surface area (Å²) in [5.74, 6) is -0.801. The molecule has 16 heavy (non-hydrogen) atoms. The summed E-state index contributed by atoms with van der Waals surface area (Å²) in [6, 6.07) is 4.03. The molecule has 0 atom stereocenters. The van der Waals surface area contributed by atoms with Crippen molar-refractivity contribution >= 4 is 11.8 Å². The highest BCUT2D eigenvalue weighted by Crippen LogP contribution is 2.23. The standard InChI is InChI=1S/C12H12O4/c1-7(2)12(15)16-9-4-5-11(14)10(6-9)8(3)13/h4-6,14H,1H2,2-3H3. The van der Waals surface area contributed by atoms with Gasteiger partial charge in [0.1, 0.15) is 11.5 Å². The maximum Gasteiger partial charge on any atom is 0.338 e. The van der Waals surface area contributed by atoms with Crippen LogP contribution in [0.5, 0.6) is 11.5 Å². The molecule has 0 amide bonds. The zero-order valence-electron chi connectivity index (χ0n) is 9.11. The van der Waals surface area contributed by atoms with Gasteiger partial charge in [-0.1, -0.05) is 6.58 Å². The molecule has 0 saturated carbocycles. The van der Waals surface area contributed by atoms with E-state index in [0.717, 1.165) is 0 Å². The number of aromatic hydroxyl groups is 1. The van der Waals surface area contributed by atoms with Crippen molar-refractivity contribution in [1.82, 2.24) is 0 Å². The number of benzene rings is 1. The first-order valence-electron chi connectivity index (χ1n) is 4.63. The van der Waals surface area contributed by atoms with Gasteiger partial charge in [0.05, 0.1) is 5.56 Å². The van der Waals surface area contributed by atoms with Crippen LogP contribution < -0.4 is 4.74 Å². The van der Waals surface area contributed by atoms with Crippen LogP contribution in [0.25, 0.3) is 0 Å². The van der Waals surface area contributed by atoms with Gasteiger partial charge in [-0.15, -0.1) is 0 Å². The lowest BCUT2D eigenvalue weighted by atomic mass is 10.1. The average molecular weight is 220 g/mol. The van der Waals surface area contributed by atoms with Crippen molar-refractivity contribution in [1.29, 1.82) is 0 Å². The van der Waals surface area contributed by atoms with Gasteiger partial charge in [-0.3, -0.25) is 4.79 Å². The quantitative estimate of drug-likeness (QED) is 0.366. The van der Waals surface area contributed by atoms with Gasteiger partial charge in [-0.25, -0.2) is 4.79 Å². The minimum absolute atomic E-state index is 0.118. The second-order valence-electron chi connectivity index (χ2n) is 3.40. The Balaban J connectivity index is 3.00. The molecule has 0 fully saturated rings. The number of Topliss-reactive ketones (excluding diaryl/α,β-unsaturated/α-hetero) is 1. The predicted octanol–water partition coefficient (Wildman–Crippen LogP) is 2.08. The molecule has 4 heteroatoms. The number of hydrogen-bond donors (Lipinski definition) is 1. The molecule has 0 aromatic heterocycles. The number of ketones is 1. The molecule has 0 radical (unpaired) electrons. The van der Waals surface area contributed by atoms with Gasteiger partial charge < -0.3 is 9.84 Å². The van der Waals surface area contributed by atoms with Crippen LogP contribution in [-0.2, 0) is 4.79 Å². The smallest absolute Gasteiger partial charge is 0.338 e. The number of carbonyl (C=O) groups is 2. The molecule has 0 aliphatic heterocycles. The van der Waals surface area contributed by atoms with E-state index in [1.54, 1.807) is 0 Å². The Labute approximate surface area is 93.2 Å². The van der Waals surface area contributed by atoms with E-state index in [9.17, 15) is 14.7 Å². The maximum atomic E-state index is 11.2. The van der Waals surface area contributed by atoms with Crippen LogP contribution in [0, 0.1) is 0 Å². The van der Waals surface area contributed by atoms with Gasteiger partial charge in [-0.2, -0.15) is 0 Å². The molecule has 1 aromatic rings. The van der Waals surface area contributed by atoms with Crippen LogP contribution in [0.2, 0.25) is 0 Å². The zero-order valence-corrected chi connectivity index (χ0v) is 9.11. The molecule has 4 nitrogen and oxygen atoms in total. The first kappa shape index (κ1) is 12.0. The largest absolute Gasteiger partial charge is 0.507 e. The Morgan fingerprint density at radius 1 is 1.31 bits per heavy atom. The molecule has 84 valence electrons. The third-order valence-electron chi connectivity index (χ3n) is 1.91. The number of phenolic OH excluding ortho intramolecular Hbond substituents is 1. The van der Waals surface area contributed by atoms with E-state index in [0.29, 0.717) is 0 Å². The van der Waals surface area contributed by atoms with Crippen molar-refractivity contribution in [3.63, 3.8) is 0 Å². The highest BCUT2D eigenvalue weighted by atomic mass is 16.5. The van der Waals surface area contributed by atoms with Crippen molar-refractivity contribution in [2.75, 3.05) is 0 Å².